The van der Waals surface area contributed by atoms with Crippen LogP contribution in [0.3, 0.4) is 0 Å². The highest BCUT2D eigenvalue weighted by atomic mass is 32.2. The lowest BCUT2D eigenvalue weighted by Gasteiger charge is -2.41. The highest BCUT2D eigenvalue weighted by Gasteiger charge is 2.40. The quantitative estimate of drug-likeness (QED) is 0.810. The molecule has 0 aromatic heterocycles. The normalized spacial score (nSPS) is 22.3. The molecule has 2 aromatic rings. The number of ether oxygens (including phenoxy) is 1. The number of rotatable bonds is 5. The summed E-state index contributed by atoms with van der Waals surface area (Å²) < 4.78 is 33.5. The van der Waals surface area contributed by atoms with E-state index in [9.17, 15) is 8.42 Å². The van der Waals surface area contributed by atoms with Crippen LogP contribution in [0, 0.1) is 0 Å². The van der Waals surface area contributed by atoms with Crippen LogP contribution in [0.4, 0.5) is 0 Å². The van der Waals surface area contributed by atoms with E-state index in [1.807, 2.05) is 30.3 Å². The Hall–Kier alpha value is -1.89. The van der Waals surface area contributed by atoms with Gasteiger partial charge < -0.3 is 4.74 Å². The highest BCUT2D eigenvalue weighted by molar-refractivity contribution is 7.89. The first-order chi connectivity index (χ1) is 12.6. The van der Waals surface area contributed by atoms with E-state index in [-0.39, 0.29) is 6.04 Å². The van der Waals surface area contributed by atoms with Gasteiger partial charge in [-0.2, -0.15) is 4.31 Å². The zero-order valence-corrected chi connectivity index (χ0v) is 15.7. The first-order valence-electron chi connectivity index (χ1n) is 9.04. The molecule has 1 aliphatic carbocycles. The fourth-order valence-corrected chi connectivity index (χ4v) is 5.27. The molecule has 0 amide bonds. The summed E-state index contributed by atoms with van der Waals surface area (Å²) in [6, 6.07) is 17.1. The smallest absolute Gasteiger partial charge is 0.243 e. The number of hydrogen-bond acceptors (Lipinski definition) is 4. The Bertz CT molecular complexity index is 848. The van der Waals surface area contributed by atoms with Crippen LogP contribution in [0.1, 0.15) is 24.4 Å². The molecule has 5 nitrogen and oxygen atoms in total. The lowest BCUT2D eigenvalue weighted by atomic mass is 10.0. The number of hydrogen-bond donors (Lipinski definition) is 0. The minimum absolute atomic E-state index is 0.155. The standard InChI is InChI=1S/C20H24N2O3S/c1-25-18-9-11-19(12-10-18)26(23,24)22-14-13-21(17-7-8-17)15-20(22)16-5-3-2-4-6-16/h2-6,9-12,17,20H,7-8,13-15H2,1H3. The molecule has 0 N–H and O–H groups in total. The van der Waals surface area contributed by atoms with Crippen LogP contribution >= 0.6 is 0 Å². The maximum absolute atomic E-state index is 13.3. The second kappa shape index (κ2) is 7.02. The first kappa shape index (κ1) is 17.5. The lowest BCUT2D eigenvalue weighted by molar-refractivity contribution is 0.128. The average Bonchev–Trinajstić information content (AvgIpc) is 3.53. The van der Waals surface area contributed by atoms with Gasteiger partial charge in [0.05, 0.1) is 18.0 Å². The molecule has 2 aromatic carbocycles. The molecule has 26 heavy (non-hydrogen) atoms. The summed E-state index contributed by atoms with van der Waals surface area (Å²) in [5.41, 5.74) is 1.05. The van der Waals surface area contributed by atoms with Crippen molar-refractivity contribution < 1.29 is 13.2 Å². The van der Waals surface area contributed by atoms with Crippen molar-refractivity contribution in [2.45, 2.75) is 29.8 Å². The molecule has 1 unspecified atom stereocenters. The Kier molecular flexibility index (Phi) is 4.73. The Labute approximate surface area is 155 Å². The van der Waals surface area contributed by atoms with Crippen molar-refractivity contribution >= 4 is 10.0 Å². The molecule has 0 bridgehead atoms. The molecular weight excluding hydrogens is 348 g/mol. The van der Waals surface area contributed by atoms with Crippen molar-refractivity contribution in [3.8, 4) is 5.75 Å². The summed E-state index contributed by atoms with van der Waals surface area (Å²) in [5.74, 6) is 0.655. The van der Waals surface area contributed by atoms with Crippen LogP contribution < -0.4 is 4.74 Å². The highest BCUT2D eigenvalue weighted by Crippen LogP contribution is 2.36. The van der Waals surface area contributed by atoms with Crippen LogP contribution in [-0.2, 0) is 10.0 Å². The molecule has 1 aliphatic heterocycles. The molecule has 0 spiro atoms. The maximum Gasteiger partial charge on any atom is 0.243 e. The van der Waals surface area contributed by atoms with Gasteiger partial charge in [-0.05, 0) is 42.7 Å². The molecule has 1 saturated heterocycles. The van der Waals surface area contributed by atoms with Crippen LogP contribution in [0.15, 0.2) is 59.5 Å². The third-order valence-electron chi connectivity index (χ3n) is 5.28. The van der Waals surface area contributed by atoms with Crippen LogP contribution in [0.25, 0.3) is 0 Å². The molecular formula is C20H24N2O3S. The minimum Gasteiger partial charge on any atom is -0.497 e. The van der Waals surface area contributed by atoms with E-state index in [1.54, 1.807) is 35.7 Å². The van der Waals surface area contributed by atoms with E-state index in [1.165, 1.54) is 12.8 Å². The molecule has 1 heterocycles. The summed E-state index contributed by atoms with van der Waals surface area (Å²) in [4.78, 5) is 2.76. The Morgan fingerprint density at radius 1 is 0.962 bits per heavy atom. The molecule has 2 fully saturated rings. The number of methoxy groups -OCH3 is 1. The minimum atomic E-state index is -3.56. The van der Waals surface area contributed by atoms with Gasteiger partial charge in [0.1, 0.15) is 5.75 Å². The topological polar surface area (TPSA) is 49.9 Å². The van der Waals surface area contributed by atoms with Gasteiger partial charge in [0, 0.05) is 25.7 Å². The van der Waals surface area contributed by atoms with Gasteiger partial charge >= 0.3 is 0 Å². The first-order valence-corrected chi connectivity index (χ1v) is 10.5. The number of benzene rings is 2. The maximum atomic E-state index is 13.3. The van der Waals surface area contributed by atoms with Crippen molar-refractivity contribution in [1.29, 1.82) is 0 Å². The van der Waals surface area contributed by atoms with Crippen molar-refractivity contribution in [1.82, 2.24) is 9.21 Å². The molecule has 4 rings (SSSR count). The van der Waals surface area contributed by atoms with Gasteiger partial charge in [-0.15, -0.1) is 0 Å². The summed E-state index contributed by atoms with van der Waals surface area (Å²) >= 11 is 0. The van der Waals surface area contributed by atoms with Crippen molar-refractivity contribution in [2.75, 3.05) is 26.7 Å². The van der Waals surface area contributed by atoms with Crippen LogP contribution in [0.5, 0.6) is 5.75 Å². The van der Waals surface area contributed by atoms with Crippen molar-refractivity contribution in [3.05, 3.63) is 60.2 Å². The second-order valence-electron chi connectivity index (χ2n) is 6.94. The zero-order chi connectivity index (χ0) is 18.1. The SMILES string of the molecule is COc1ccc(S(=O)(=O)N2CCN(C3CC3)CC2c2ccccc2)cc1. The van der Waals surface area contributed by atoms with Gasteiger partial charge in [0.25, 0.3) is 0 Å². The summed E-state index contributed by atoms with van der Waals surface area (Å²) in [6.45, 7) is 2.07. The Balaban J connectivity index is 1.67. The molecule has 2 aliphatic rings. The number of nitrogens with zero attached hydrogens (tertiary/aromatic N) is 2. The van der Waals surface area contributed by atoms with E-state index in [2.05, 4.69) is 4.90 Å². The lowest BCUT2D eigenvalue weighted by Crippen LogP contribution is -2.51. The van der Waals surface area contributed by atoms with E-state index in [4.69, 9.17) is 4.74 Å². The van der Waals surface area contributed by atoms with E-state index in [0.29, 0.717) is 23.2 Å². The summed E-state index contributed by atoms with van der Waals surface area (Å²) in [6.07, 6.45) is 2.46. The zero-order valence-electron chi connectivity index (χ0n) is 14.9. The van der Waals surface area contributed by atoms with Crippen LogP contribution in [0.2, 0.25) is 0 Å². The third-order valence-corrected chi connectivity index (χ3v) is 7.20. The predicted molar refractivity (Wildman–Crippen MR) is 101 cm³/mol. The third kappa shape index (κ3) is 3.37. The van der Waals surface area contributed by atoms with Gasteiger partial charge in [-0.3, -0.25) is 4.90 Å². The summed E-state index contributed by atoms with van der Waals surface area (Å²) in [5, 5.41) is 0. The molecule has 138 valence electrons. The molecule has 0 radical (unpaired) electrons. The van der Waals surface area contributed by atoms with E-state index in [0.717, 1.165) is 18.7 Å². The molecule has 1 saturated carbocycles. The second-order valence-corrected chi connectivity index (χ2v) is 8.83. The number of sulfonamides is 1. The van der Waals surface area contributed by atoms with Crippen molar-refractivity contribution in [3.63, 3.8) is 0 Å². The summed E-state index contributed by atoms with van der Waals surface area (Å²) in [7, 11) is -1.99. The Morgan fingerprint density at radius 3 is 2.27 bits per heavy atom. The molecule has 1 atom stereocenters. The average molecular weight is 372 g/mol. The van der Waals surface area contributed by atoms with Crippen LogP contribution in [-0.4, -0.2) is 50.4 Å². The van der Waals surface area contributed by atoms with Crippen molar-refractivity contribution in [2.24, 2.45) is 0 Å². The Morgan fingerprint density at radius 2 is 1.65 bits per heavy atom. The fraction of sp³-hybridized carbons (Fsp3) is 0.400. The monoisotopic (exact) mass is 372 g/mol. The molecule has 6 heteroatoms. The van der Waals surface area contributed by atoms with Gasteiger partial charge in [-0.25, -0.2) is 8.42 Å². The van der Waals surface area contributed by atoms with Gasteiger partial charge in [0.15, 0.2) is 0 Å². The van der Waals surface area contributed by atoms with E-state index < -0.39 is 10.0 Å². The largest absolute Gasteiger partial charge is 0.497 e. The van der Waals surface area contributed by atoms with Gasteiger partial charge in [-0.1, -0.05) is 30.3 Å². The predicted octanol–water partition coefficient (Wildman–Crippen LogP) is 2.91. The van der Waals surface area contributed by atoms with E-state index >= 15 is 0 Å². The van der Waals surface area contributed by atoms with Gasteiger partial charge in [0.2, 0.25) is 10.0 Å². The number of piperazine rings is 1. The fourth-order valence-electron chi connectivity index (χ4n) is 3.68.